The van der Waals surface area contributed by atoms with Crippen molar-refractivity contribution in [2.24, 2.45) is 16.1 Å². The SMILES string of the molecule is N#CC(C#N)CCN=Nc1cccc(Cl)c1. The largest absolute Gasteiger partial charge is 0.197 e. The summed E-state index contributed by atoms with van der Waals surface area (Å²) in [4.78, 5) is 0. The van der Waals surface area contributed by atoms with Crippen LogP contribution in [0.1, 0.15) is 6.42 Å². The van der Waals surface area contributed by atoms with E-state index in [1.165, 1.54) is 0 Å². The Bertz CT molecular complexity index is 442. The molecule has 0 amide bonds. The van der Waals surface area contributed by atoms with Crippen molar-refractivity contribution >= 4 is 17.3 Å². The van der Waals surface area contributed by atoms with Crippen molar-refractivity contribution in [3.05, 3.63) is 29.3 Å². The fourth-order valence-electron chi connectivity index (χ4n) is 1.01. The lowest BCUT2D eigenvalue weighted by Crippen LogP contribution is -1.94. The third kappa shape index (κ3) is 4.08. The van der Waals surface area contributed by atoms with Gasteiger partial charge in [0, 0.05) is 5.02 Å². The monoisotopic (exact) mass is 232 g/mol. The van der Waals surface area contributed by atoms with Gasteiger partial charge in [0.25, 0.3) is 0 Å². The van der Waals surface area contributed by atoms with Gasteiger partial charge in [-0.05, 0) is 24.6 Å². The third-order valence-electron chi connectivity index (χ3n) is 1.82. The van der Waals surface area contributed by atoms with Crippen LogP contribution in [-0.4, -0.2) is 6.54 Å². The van der Waals surface area contributed by atoms with E-state index in [0.717, 1.165) is 0 Å². The summed E-state index contributed by atoms with van der Waals surface area (Å²) in [5, 5.41) is 25.4. The molecule has 0 atom stereocenters. The molecule has 0 heterocycles. The van der Waals surface area contributed by atoms with Gasteiger partial charge in [0.05, 0.1) is 24.4 Å². The molecule has 0 fully saturated rings. The summed E-state index contributed by atoms with van der Waals surface area (Å²) in [5.74, 6) is -0.613. The van der Waals surface area contributed by atoms with Gasteiger partial charge in [-0.1, -0.05) is 17.7 Å². The molecule has 0 bridgehead atoms. The predicted molar refractivity (Wildman–Crippen MR) is 60.2 cm³/mol. The predicted octanol–water partition coefficient (Wildman–Crippen LogP) is 3.48. The number of nitriles is 2. The van der Waals surface area contributed by atoms with Gasteiger partial charge in [-0.15, -0.1) is 0 Å². The van der Waals surface area contributed by atoms with E-state index in [1.54, 1.807) is 24.3 Å². The third-order valence-corrected chi connectivity index (χ3v) is 2.06. The summed E-state index contributed by atoms with van der Waals surface area (Å²) in [6.45, 7) is 0.359. The molecule has 0 radical (unpaired) electrons. The Hall–Kier alpha value is -1.91. The number of azo groups is 1. The summed E-state index contributed by atoms with van der Waals surface area (Å²) < 4.78 is 0. The topological polar surface area (TPSA) is 72.3 Å². The van der Waals surface area contributed by atoms with Crippen LogP contribution in [0.3, 0.4) is 0 Å². The first-order valence-electron chi connectivity index (χ1n) is 4.68. The second-order valence-electron chi connectivity index (χ2n) is 3.04. The molecule has 1 rings (SSSR count). The molecule has 0 aliphatic rings. The molecule has 80 valence electrons. The first-order valence-corrected chi connectivity index (χ1v) is 5.06. The zero-order chi connectivity index (χ0) is 11.8. The van der Waals surface area contributed by atoms with Gasteiger partial charge < -0.3 is 0 Å². The molecule has 0 aliphatic carbocycles. The minimum atomic E-state index is -0.613. The van der Waals surface area contributed by atoms with Crippen LogP contribution >= 0.6 is 11.6 Å². The average molecular weight is 233 g/mol. The van der Waals surface area contributed by atoms with Crippen molar-refractivity contribution in [1.82, 2.24) is 0 Å². The van der Waals surface area contributed by atoms with Crippen LogP contribution in [0.4, 0.5) is 5.69 Å². The maximum Gasteiger partial charge on any atom is 0.135 e. The lowest BCUT2D eigenvalue weighted by molar-refractivity contribution is 0.725. The van der Waals surface area contributed by atoms with E-state index in [0.29, 0.717) is 23.7 Å². The van der Waals surface area contributed by atoms with Crippen LogP contribution in [-0.2, 0) is 0 Å². The van der Waals surface area contributed by atoms with Crippen LogP contribution in [0, 0.1) is 28.6 Å². The quantitative estimate of drug-likeness (QED) is 0.746. The summed E-state index contributed by atoms with van der Waals surface area (Å²) in [6.07, 6.45) is 0.400. The Morgan fingerprint density at radius 2 is 2.06 bits per heavy atom. The highest BCUT2D eigenvalue weighted by Crippen LogP contribution is 2.18. The molecule has 0 saturated carbocycles. The molecule has 16 heavy (non-hydrogen) atoms. The molecule has 0 unspecified atom stereocenters. The Balaban J connectivity index is 2.45. The molecule has 0 N–H and O–H groups in total. The van der Waals surface area contributed by atoms with Gasteiger partial charge in [0.15, 0.2) is 0 Å². The number of halogens is 1. The Morgan fingerprint density at radius 1 is 1.31 bits per heavy atom. The molecule has 0 aliphatic heterocycles. The number of hydrogen-bond donors (Lipinski definition) is 0. The number of hydrogen-bond acceptors (Lipinski definition) is 4. The van der Waals surface area contributed by atoms with E-state index in [-0.39, 0.29) is 0 Å². The molecular formula is C11H9ClN4. The van der Waals surface area contributed by atoms with Crippen molar-refractivity contribution in [3.63, 3.8) is 0 Å². The molecule has 0 aromatic heterocycles. The van der Waals surface area contributed by atoms with Crippen LogP contribution in [0.2, 0.25) is 5.02 Å². The van der Waals surface area contributed by atoms with Gasteiger partial charge in [-0.3, -0.25) is 0 Å². The van der Waals surface area contributed by atoms with E-state index >= 15 is 0 Å². The average Bonchev–Trinajstić information content (AvgIpc) is 2.29. The molecule has 0 saturated heterocycles. The second-order valence-corrected chi connectivity index (χ2v) is 3.48. The maximum atomic E-state index is 8.52. The van der Waals surface area contributed by atoms with Crippen LogP contribution in [0.25, 0.3) is 0 Å². The number of nitrogens with zero attached hydrogens (tertiary/aromatic N) is 4. The van der Waals surface area contributed by atoms with Crippen molar-refractivity contribution < 1.29 is 0 Å². The van der Waals surface area contributed by atoms with E-state index < -0.39 is 5.92 Å². The molecule has 5 heteroatoms. The molecular weight excluding hydrogens is 224 g/mol. The highest BCUT2D eigenvalue weighted by molar-refractivity contribution is 6.30. The molecule has 1 aromatic rings. The fourth-order valence-corrected chi connectivity index (χ4v) is 1.20. The van der Waals surface area contributed by atoms with Gasteiger partial charge >= 0.3 is 0 Å². The lowest BCUT2D eigenvalue weighted by atomic mass is 10.1. The highest BCUT2D eigenvalue weighted by atomic mass is 35.5. The van der Waals surface area contributed by atoms with E-state index in [1.807, 2.05) is 12.1 Å². The van der Waals surface area contributed by atoms with Crippen LogP contribution < -0.4 is 0 Å². The standard InChI is InChI=1S/C11H9ClN4/c12-10-2-1-3-11(6-10)16-15-5-4-9(7-13)8-14/h1-3,6,9H,4-5H2. The van der Waals surface area contributed by atoms with Gasteiger partial charge in [0.1, 0.15) is 5.92 Å². The van der Waals surface area contributed by atoms with Crippen molar-refractivity contribution in [3.8, 4) is 12.1 Å². The highest BCUT2D eigenvalue weighted by Gasteiger charge is 2.03. The van der Waals surface area contributed by atoms with Gasteiger partial charge in [-0.2, -0.15) is 20.8 Å². The normalized spacial score (nSPS) is 10.2. The Labute approximate surface area is 98.8 Å². The molecule has 1 aromatic carbocycles. The zero-order valence-corrected chi connectivity index (χ0v) is 9.22. The fraction of sp³-hybridized carbons (Fsp3) is 0.273. The minimum Gasteiger partial charge on any atom is -0.197 e. The maximum absolute atomic E-state index is 8.52. The summed E-state index contributed by atoms with van der Waals surface area (Å²) in [6, 6.07) is 10.8. The van der Waals surface area contributed by atoms with Gasteiger partial charge in [-0.25, -0.2) is 0 Å². The van der Waals surface area contributed by atoms with E-state index in [9.17, 15) is 0 Å². The first-order chi connectivity index (χ1) is 7.76. The number of rotatable bonds is 4. The second kappa shape index (κ2) is 6.55. The smallest absolute Gasteiger partial charge is 0.135 e. The minimum absolute atomic E-state index is 0.359. The van der Waals surface area contributed by atoms with Crippen LogP contribution in [0.5, 0.6) is 0 Å². The van der Waals surface area contributed by atoms with E-state index in [4.69, 9.17) is 22.1 Å². The first kappa shape index (κ1) is 12.2. The van der Waals surface area contributed by atoms with Gasteiger partial charge in [0.2, 0.25) is 0 Å². The molecule has 4 nitrogen and oxygen atoms in total. The lowest BCUT2D eigenvalue weighted by Gasteiger charge is -1.95. The van der Waals surface area contributed by atoms with Crippen LogP contribution in [0.15, 0.2) is 34.5 Å². The summed E-state index contributed by atoms with van der Waals surface area (Å²) in [5.41, 5.74) is 0.665. The van der Waals surface area contributed by atoms with Crippen molar-refractivity contribution in [2.75, 3.05) is 6.54 Å². The Kier molecular flexibility index (Phi) is 4.98. The van der Waals surface area contributed by atoms with Crippen molar-refractivity contribution in [1.29, 1.82) is 10.5 Å². The number of benzene rings is 1. The zero-order valence-electron chi connectivity index (χ0n) is 8.47. The van der Waals surface area contributed by atoms with E-state index in [2.05, 4.69) is 10.2 Å². The molecule has 0 spiro atoms. The summed E-state index contributed by atoms with van der Waals surface area (Å²) >= 11 is 5.77. The summed E-state index contributed by atoms with van der Waals surface area (Å²) in [7, 11) is 0. The Morgan fingerprint density at radius 3 is 2.69 bits per heavy atom. The van der Waals surface area contributed by atoms with Crippen molar-refractivity contribution in [2.45, 2.75) is 6.42 Å².